The molecule has 45 heteroatoms. The summed E-state index contributed by atoms with van der Waals surface area (Å²) in [4.78, 5) is 267. The van der Waals surface area contributed by atoms with Crippen molar-refractivity contribution < 1.29 is 96.8 Å². The van der Waals surface area contributed by atoms with Gasteiger partial charge in [0, 0.05) is 119 Å². The number of thioether (sulfide) groups is 1. The number of fused-ring (bicyclic) bond motifs is 4. The lowest BCUT2D eigenvalue weighted by atomic mass is 9.99. The van der Waals surface area contributed by atoms with Gasteiger partial charge in [0.2, 0.25) is 100 Å². The van der Waals surface area contributed by atoms with Crippen LogP contribution in [0.1, 0.15) is 147 Å². The van der Waals surface area contributed by atoms with Crippen LogP contribution >= 0.6 is 23.1 Å². The molecule has 6 heterocycles. The summed E-state index contributed by atoms with van der Waals surface area (Å²) in [6.07, 6.45) is 1.75. The van der Waals surface area contributed by atoms with Gasteiger partial charge in [0.1, 0.15) is 90.3 Å². The molecule has 3 fully saturated rings. The summed E-state index contributed by atoms with van der Waals surface area (Å²) in [5.74, 6) is -17.7. The van der Waals surface area contributed by atoms with Gasteiger partial charge in [-0.2, -0.15) is 0 Å². The summed E-state index contributed by atoms with van der Waals surface area (Å²) in [7, 11) is 3.94. The Morgan fingerprint density at radius 2 is 1.15 bits per heavy atom. The van der Waals surface area contributed by atoms with Crippen LogP contribution in [0.5, 0.6) is 5.75 Å². The summed E-state index contributed by atoms with van der Waals surface area (Å²) in [5.41, 5.74) is 19.3. The summed E-state index contributed by atoms with van der Waals surface area (Å²) >= 11 is 2.12. The van der Waals surface area contributed by atoms with Gasteiger partial charge in [0.25, 0.3) is 0 Å². The number of nitrogens with one attached hydrogen (secondary N) is 14. The molecule has 15 atom stereocenters. The number of phenolic OH excluding ortho intramolecular Hbond substituents is 1. The van der Waals surface area contributed by atoms with E-state index in [0.29, 0.717) is 59.0 Å². The van der Waals surface area contributed by atoms with E-state index in [4.69, 9.17) is 22.6 Å². The van der Waals surface area contributed by atoms with E-state index in [1.54, 1.807) is 55.8 Å². The molecular weight excluding hydrogens is 1810 g/mol. The van der Waals surface area contributed by atoms with E-state index in [2.05, 4.69) is 73.4 Å². The first kappa shape index (κ1) is 107. The van der Waals surface area contributed by atoms with E-state index in [1.807, 2.05) is 32.0 Å². The van der Waals surface area contributed by atoms with Gasteiger partial charge in [-0.25, -0.2) is 4.98 Å². The normalized spacial score (nSPS) is 24.6. The number of carbonyl (C=O) groups is 17. The molecule has 3 aliphatic heterocycles. The Morgan fingerprint density at radius 1 is 0.569 bits per heavy atom. The van der Waals surface area contributed by atoms with Crippen molar-refractivity contribution in [1.82, 2.24) is 97.9 Å². The van der Waals surface area contributed by atoms with Crippen molar-refractivity contribution in [2.24, 2.45) is 23.1 Å². The summed E-state index contributed by atoms with van der Waals surface area (Å²) in [6.45, 7) is 6.43. The third-order valence-corrected chi connectivity index (χ3v) is 26.5. The number of hydrogen-bond acceptors (Lipinski definition) is 24. The second-order valence-corrected chi connectivity index (χ2v) is 37.1. The van der Waals surface area contributed by atoms with E-state index >= 15 is 38.4 Å². The molecule has 0 bridgehead atoms. The number of primary amides is 2. The largest absolute Gasteiger partial charge is 0.508 e. The summed E-state index contributed by atoms with van der Waals surface area (Å²) in [5, 5.41) is 73.0. The number of rotatable bonds is 27. The van der Waals surface area contributed by atoms with Gasteiger partial charge in [-0.1, -0.05) is 102 Å². The Bertz CT molecular complexity index is 5270. The average molecular weight is 1940 g/mol. The number of nitrogens with zero attached hydrogens (tertiary/aromatic N) is 6. The number of guanidine groups is 1. The van der Waals surface area contributed by atoms with Crippen LogP contribution in [0, 0.1) is 11.3 Å². The molecule has 0 saturated carbocycles. The number of H-pyrrole nitrogens is 2. The standard InChI is InChI=1S/C92H129N23O20S2/c1-9-11-23-70-84(128)104-61(22-17-32-98-92(95)96)80(124)110-69(79(123)100-44-76(94)120)47-136-48-77(121)102-66(36-52-27-29-56(117)30-28-52)87(131)111(6)51(5)78(122)107-68(41-75(93)119)89(133)114-33-18-25-71(114)85(129)106-64(39-55-43-97-49-101-55)83(127)108-65(35-50(3)4)90(134)115-45-57(118)40-73(115)86(130)105-63(37-53-42-99-60-21-15-13-19-58(53)60)82(126)103-62(31-34-116)81(125)109-67(38-54-46-137-74-26-16-14-20-59(54)74)88(132)113(8)72(24-12-10-2)91(135)112(70)7/h13-16,19-21,26-30,42-43,46,49-51,57,61-73,99,116-118H,9-12,17-18,22-25,31-41,44-45,47-48H2,1-8H3,(H2,93,119)(H2,94,120)(H,97,101)(H,100,123)(H,102,121)(H,103,126)(H,104,128)(H,105,130)(H,106,129)(H,107,122)(H,108,127)(H,109,125)(H,110,124)(H4,95,96,98)/t51-,57+,61-,62-,63-,64-,65-,66-,67-,68-,69?,70-,71-,72-,73-/m0/s1. The molecule has 0 aliphatic carbocycles. The number of aromatic nitrogens is 3. The molecule has 17 amide bonds. The number of aliphatic hydroxyl groups excluding tert-OH is 2. The molecule has 43 nitrogen and oxygen atoms in total. The summed E-state index contributed by atoms with van der Waals surface area (Å²) in [6, 6.07) is -1.63. The Morgan fingerprint density at radius 3 is 1.80 bits per heavy atom. The van der Waals surface area contributed by atoms with Crippen molar-refractivity contribution in [2.75, 3.05) is 65.4 Å². The third-order valence-electron chi connectivity index (χ3n) is 24.4. The highest BCUT2D eigenvalue weighted by Gasteiger charge is 2.47. The number of aliphatic hydroxyl groups is 2. The number of phenols is 1. The Labute approximate surface area is 800 Å². The van der Waals surface area contributed by atoms with E-state index in [1.165, 1.54) is 81.1 Å². The minimum Gasteiger partial charge on any atom is -0.508 e. The number of hydrogen-bond donors (Lipinski definition) is 20. The zero-order valence-electron chi connectivity index (χ0n) is 78.2. The lowest BCUT2D eigenvalue weighted by Crippen LogP contribution is -2.61. The van der Waals surface area contributed by atoms with Crippen molar-refractivity contribution in [3.8, 4) is 5.75 Å². The van der Waals surface area contributed by atoms with E-state index in [-0.39, 0.29) is 102 Å². The fraction of sp³-hybridized carbons (Fsp3) is 0.533. The topological polar surface area (TPSA) is 646 Å². The Kier molecular flexibility index (Phi) is 40.4. The van der Waals surface area contributed by atoms with E-state index in [9.17, 15) is 58.5 Å². The van der Waals surface area contributed by atoms with Gasteiger partial charge in [-0.3, -0.25) is 86.9 Å². The molecule has 0 radical (unpaired) electrons. The lowest BCUT2D eigenvalue weighted by molar-refractivity contribution is -0.149. The molecular formula is C92H129N23O20S2. The molecule has 6 aromatic rings. The van der Waals surface area contributed by atoms with Crippen LogP contribution in [-0.4, -0.2) is 317 Å². The number of aromatic hydroxyl groups is 1. The predicted molar refractivity (Wildman–Crippen MR) is 508 cm³/mol. The fourth-order valence-corrected chi connectivity index (χ4v) is 18.7. The number of imidazole rings is 1. The molecule has 3 saturated heterocycles. The molecule has 3 aliphatic rings. The number of thiophene rings is 1. The number of amides is 17. The first-order valence-electron chi connectivity index (χ1n) is 46.0. The molecule has 9 rings (SSSR count). The monoisotopic (exact) mass is 1940 g/mol. The van der Waals surface area contributed by atoms with Crippen LogP contribution < -0.4 is 75.7 Å². The minimum atomic E-state index is -1.78. The number of benzene rings is 3. The maximum atomic E-state index is 15.9. The highest BCUT2D eigenvalue weighted by atomic mass is 32.2. The Balaban J connectivity index is 1.11. The summed E-state index contributed by atoms with van der Waals surface area (Å²) < 4.78 is 0.820. The second-order valence-electron chi connectivity index (χ2n) is 35.2. The molecule has 3 aromatic carbocycles. The van der Waals surface area contributed by atoms with Gasteiger partial charge in [0.15, 0.2) is 5.96 Å². The van der Waals surface area contributed by atoms with Crippen LogP contribution in [0.25, 0.3) is 21.0 Å². The van der Waals surface area contributed by atoms with Gasteiger partial charge >= 0.3 is 0 Å². The molecule has 137 heavy (non-hydrogen) atoms. The van der Waals surface area contributed by atoms with Gasteiger partial charge in [-0.15, -0.1) is 23.1 Å². The second kappa shape index (κ2) is 51.6. The minimum absolute atomic E-state index is 0.00289. The number of para-hydroxylation sites is 1. The molecule has 0 spiro atoms. The van der Waals surface area contributed by atoms with E-state index in [0.717, 1.165) is 41.4 Å². The lowest BCUT2D eigenvalue weighted by Gasteiger charge is -2.36. The number of carbonyl (C=O) groups excluding carboxylic acids is 17. The van der Waals surface area contributed by atoms with Crippen LogP contribution in [0.2, 0.25) is 0 Å². The smallest absolute Gasteiger partial charge is 0.246 e. The highest BCUT2D eigenvalue weighted by Crippen LogP contribution is 2.30. The zero-order chi connectivity index (χ0) is 100. The number of aromatic amines is 2. The first-order chi connectivity index (χ1) is 65.3. The number of nitrogens with two attached hydrogens (primary N) is 3. The van der Waals surface area contributed by atoms with Crippen LogP contribution in [0.4, 0.5) is 0 Å². The predicted octanol–water partition coefficient (Wildman–Crippen LogP) is -1.81. The van der Waals surface area contributed by atoms with Crippen molar-refractivity contribution in [3.63, 3.8) is 0 Å². The number of unbranched alkanes of at least 4 members (excludes halogenated alkanes) is 2. The SMILES string of the molecule is CCCC[C@H]1C(=O)N(C)[C@@H](CCCC)C(=O)N[C@@H](CCCNC(=N)N)C(=O)NC(C(=O)NCC(N)=O)CSCC(=O)N[C@@H](Cc2ccc(O)cc2)C(=O)N(C)[C@@H](C)C(=O)N[C@@H](CC(N)=O)C(=O)N2CCC[C@H]2C(=O)N[C@@H](Cc2cnc[nH]2)C(=O)N[C@@H](CC(C)C)C(=O)N2C[C@H](O)C[C@H]2C(=O)N[C@@H](Cc2c[nH]c3ccccc23)C(=O)N[C@@H](CCO)C(=O)N[C@@H](Cc2csc3ccccc23)C(=O)N1C. The van der Waals surface area contributed by atoms with Crippen molar-refractivity contribution in [3.05, 3.63) is 119 Å². The van der Waals surface area contributed by atoms with Crippen molar-refractivity contribution in [2.45, 2.75) is 241 Å². The van der Waals surface area contributed by atoms with Crippen molar-refractivity contribution in [1.29, 1.82) is 5.41 Å². The molecule has 23 N–H and O–H groups in total. The fourth-order valence-electron chi connectivity index (χ4n) is 16.9. The average Bonchev–Trinajstić information content (AvgIpc) is 1.78. The third kappa shape index (κ3) is 30.3. The quantitative estimate of drug-likeness (QED) is 0.0154. The van der Waals surface area contributed by atoms with Gasteiger partial charge in [-0.05, 0) is 116 Å². The van der Waals surface area contributed by atoms with Crippen LogP contribution in [-0.2, 0) is 107 Å². The first-order valence-corrected chi connectivity index (χ1v) is 48.0. The van der Waals surface area contributed by atoms with Gasteiger partial charge < -0.3 is 125 Å². The van der Waals surface area contributed by atoms with Crippen LogP contribution in [0.3, 0.4) is 0 Å². The van der Waals surface area contributed by atoms with Crippen molar-refractivity contribution >= 4 is 150 Å². The highest BCUT2D eigenvalue weighted by molar-refractivity contribution is 8.00. The number of likely N-dealkylation sites (N-methyl/N-ethyl adjacent to an activating group) is 3. The molecule has 3 aromatic heterocycles. The maximum Gasteiger partial charge on any atom is 0.246 e. The maximum absolute atomic E-state index is 15.9. The molecule has 744 valence electrons. The van der Waals surface area contributed by atoms with Gasteiger partial charge in [0.05, 0.1) is 31.1 Å². The molecule has 1 unspecified atom stereocenters. The zero-order valence-corrected chi connectivity index (χ0v) is 79.8. The Hall–Kier alpha value is -13.3. The van der Waals surface area contributed by atoms with E-state index < -0.39 is 241 Å². The van der Waals surface area contributed by atoms with Crippen LogP contribution in [0.15, 0.2) is 96.9 Å².